The molecule has 0 radical (unpaired) electrons. The van der Waals surface area contributed by atoms with Crippen molar-refractivity contribution in [2.75, 3.05) is 26.2 Å². The van der Waals surface area contributed by atoms with E-state index in [4.69, 9.17) is 4.98 Å². The third kappa shape index (κ3) is 4.46. The topological polar surface area (TPSA) is 71.3 Å². The molecule has 1 aromatic carbocycles. The van der Waals surface area contributed by atoms with E-state index in [0.29, 0.717) is 37.3 Å². The molecule has 4 heterocycles. The molecule has 35 heavy (non-hydrogen) atoms. The first-order chi connectivity index (χ1) is 16.8. The van der Waals surface area contributed by atoms with Gasteiger partial charge in [0, 0.05) is 42.7 Å². The van der Waals surface area contributed by atoms with Crippen LogP contribution < -0.4 is 0 Å². The lowest BCUT2D eigenvalue weighted by atomic mass is 10.1. The van der Waals surface area contributed by atoms with Crippen molar-refractivity contribution in [1.29, 1.82) is 0 Å². The van der Waals surface area contributed by atoms with Gasteiger partial charge in [-0.2, -0.15) is 5.10 Å². The summed E-state index contributed by atoms with van der Waals surface area (Å²) in [7, 11) is 0. The Hall–Kier alpha value is -3.52. The van der Waals surface area contributed by atoms with Crippen LogP contribution in [0.4, 0.5) is 0 Å². The summed E-state index contributed by atoms with van der Waals surface area (Å²) >= 11 is 1.66. The Morgan fingerprint density at radius 3 is 2.17 bits per heavy atom. The molecule has 0 aliphatic carbocycles. The Labute approximate surface area is 209 Å². The van der Waals surface area contributed by atoms with Crippen LogP contribution in [0.15, 0.2) is 48.7 Å². The number of fused-ring (bicyclic) bond motifs is 1. The molecule has 0 N–H and O–H groups in total. The molecule has 0 atom stereocenters. The zero-order valence-electron chi connectivity index (χ0n) is 20.5. The number of benzene rings is 1. The van der Waals surface area contributed by atoms with Gasteiger partial charge in [-0.05, 0) is 58.0 Å². The van der Waals surface area contributed by atoms with E-state index in [1.807, 2.05) is 57.8 Å². The van der Waals surface area contributed by atoms with Crippen LogP contribution in [0.25, 0.3) is 21.6 Å². The van der Waals surface area contributed by atoms with Crippen LogP contribution in [0.1, 0.15) is 51.0 Å². The van der Waals surface area contributed by atoms with E-state index in [1.54, 1.807) is 17.5 Å². The summed E-state index contributed by atoms with van der Waals surface area (Å²) in [4.78, 5) is 37.4. The largest absolute Gasteiger partial charge is 0.335 e. The minimum Gasteiger partial charge on any atom is -0.335 e. The van der Waals surface area contributed by atoms with Crippen molar-refractivity contribution < 1.29 is 9.59 Å². The van der Waals surface area contributed by atoms with Crippen molar-refractivity contribution >= 4 is 34.2 Å². The van der Waals surface area contributed by atoms with Crippen LogP contribution in [0, 0.1) is 13.8 Å². The maximum Gasteiger partial charge on any atom is 0.254 e. The average molecular weight is 488 g/mol. The molecule has 0 bridgehead atoms. The molecule has 5 rings (SSSR count). The van der Waals surface area contributed by atoms with E-state index in [-0.39, 0.29) is 17.9 Å². The molecule has 1 aliphatic heterocycles. The van der Waals surface area contributed by atoms with Gasteiger partial charge in [-0.15, -0.1) is 11.3 Å². The van der Waals surface area contributed by atoms with Crippen molar-refractivity contribution in [2.45, 2.75) is 33.7 Å². The van der Waals surface area contributed by atoms with Gasteiger partial charge >= 0.3 is 0 Å². The zero-order chi connectivity index (χ0) is 24.7. The Bertz CT molecular complexity index is 1390. The molecule has 3 aromatic heterocycles. The van der Waals surface area contributed by atoms with Gasteiger partial charge in [0.1, 0.15) is 0 Å². The normalized spacial score (nSPS) is 14.2. The molecule has 1 aliphatic rings. The molecular weight excluding hydrogens is 458 g/mol. The van der Waals surface area contributed by atoms with Gasteiger partial charge in [-0.3, -0.25) is 9.59 Å². The van der Waals surface area contributed by atoms with Crippen molar-refractivity contribution in [3.8, 4) is 10.6 Å². The summed E-state index contributed by atoms with van der Waals surface area (Å²) in [5.41, 5.74) is 3.93. The van der Waals surface area contributed by atoms with Gasteiger partial charge in [0.25, 0.3) is 11.8 Å². The Morgan fingerprint density at radius 1 is 0.914 bits per heavy atom. The summed E-state index contributed by atoms with van der Waals surface area (Å²) in [6.45, 7) is 10.2. The first kappa shape index (κ1) is 23.2. The van der Waals surface area contributed by atoms with Crippen LogP contribution in [-0.2, 0) is 0 Å². The lowest BCUT2D eigenvalue weighted by Gasteiger charge is -2.35. The number of carbonyl (C=O) groups is 2. The second-order valence-corrected chi connectivity index (χ2v) is 10.6. The van der Waals surface area contributed by atoms with Crippen molar-refractivity contribution in [3.05, 3.63) is 70.2 Å². The first-order valence-corrected chi connectivity index (χ1v) is 12.7. The zero-order valence-corrected chi connectivity index (χ0v) is 21.3. The third-order valence-corrected chi connectivity index (χ3v) is 7.45. The highest BCUT2D eigenvalue weighted by Crippen LogP contribution is 2.31. The molecule has 0 unspecified atom stereocenters. The molecule has 0 saturated carbocycles. The lowest BCUT2D eigenvalue weighted by Crippen LogP contribution is -2.50. The number of aromatic nitrogens is 3. The fourth-order valence-corrected chi connectivity index (χ4v) is 5.26. The highest BCUT2D eigenvalue weighted by atomic mass is 32.1. The van der Waals surface area contributed by atoms with Crippen molar-refractivity contribution in [2.24, 2.45) is 0 Å². The minimum atomic E-state index is -0.0438. The van der Waals surface area contributed by atoms with Gasteiger partial charge in [-0.25, -0.2) is 9.67 Å². The predicted octanol–water partition coefficient (Wildman–Crippen LogP) is 4.96. The molecule has 1 fully saturated rings. The molecular formula is C27H29N5O2S. The summed E-state index contributed by atoms with van der Waals surface area (Å²) < 4.78 is 1.87. The third-order valence-electron chi connectivity index (χ3n) is 6.43. The van der Waals surface area contributed by atoms with Gasteiger partial charge in [0.05, 0.1) is 27.7 Å². The van der Waals surface area contributed by atoms with E-state index in [1.165, 1.54) is 4.88 Å². The van der Waals surface area contributed by atoms with E-state index in [2.05, 4.69) is 31.9 Å². The first-order valence-electron chi connectivity index (χ1n) is 11.9. The molecule has 0 spiro atoms. The molecule has 1 saturated heterocycles. The van der Waals surface area contributed by atoms with Crippen LogP contribution in [0.2, 0.25) is 0 Å². The maximum absolute atomic E-state index is 13.7. The highest BCUT2D eigenvalue weighted by molar-refractivity contribution is 7.15. The van der Waals surface area contributed by atoms with Gasteiger partial charge < -0.3 is 9.80 Å². The molecule has 8 heteroatoms. The minimum absolute atomic E-state index is 0.0111. The maximum atomic E-state index is 13.7. The molecule has 2 amide bonds. The van der Waals surface area contributed by atoms with E-state index < -0.39 is 0 Å². The fourth-order valence-electron chi connectivity index (χ4n) is 4.43. The summed E-state index contributed by atoms with van der Waals surface area (Å²) in [5.74, 6) is -0.0327. The van der Waals surface area contributed by atoms with Gasteiger partial charge in [-0.1, -0.05) is 17.7 Å². The number of piperazine rings is 1. The van der Waals surface area contributed by atoms with Crippen molar-refractivity contribution in [3.63, 3.8) is 0 Å². The number of pyridine rings is 1. The van der Waals surface area contributed by atoms with E-state index in [9.17, 15) is 9.59 Å². The van der Waals surface area contributed by atoms with Crippen LogP contribution in [0.3, 0.4) is 0 Å². The predicted molar refractivity (Wildman–Crippen MR) is 139 cm³/mol. The lowest BCUT2D eigenvalue weighted by molar-refractivity contribution is 0.0536. The average Bonchev–Trinajstić information content (AvgIpc) is 3.49. The van der Waals surface area contributed by atoms with Crippen LogP contribution in [0.5, 0.6) is 0 Å². The monoisotopic (exact) mass is 487 g/mol. The number of aryl methyl sites for hydroxylation is 2. The number of hydrogen-bond acceptors (Lipinski definition) is 5. The second kappa shape index (κ2) is 9.26. The quantitative estimate of drug-likeness (QED) is 0.408. The SMILES string of the molecule is Cc1ccc(C(=O)N2CCN(C(=O)c3cc(-c4ccc(C)s4)nc4c3cnn4C(C)C)CC2)cc1. The van der Waals surface area contributed by atoms with Gasteiger partial charge in [0.2, 0.25) is 0 Å². The van der Waals surface area contributed by atoms with Crippen LogP contribution >= 0.6 is 11.3 Å². The van der Waals surface area contributed by atoms with E-state index >= 15 is 0 Å². The van der Waals surface area contributed by atoms with Crippen molar-refractivity contribution in [1.82, 2.24) is 24.6 Å². The fraction of sp³-hybridized carbons (Fsp3) is 0.333. The number of hydrogen-bond donors (Lipinski definition) is 0. The standard InChI is InChI=1S/C27H29N5O2S/c1-17(2)32-25-22(16-28-32)21(15-23(29-25)24-10-7-19(4)35-24)27(34)31-13-11-30(12-14-31)26(33)20-8-5-18(3)6-9-20/h5-10,15-17H,11-14H2,1-4H3. The smallest absolute Gasteiger partial charge is 0.254 e. The van der Waals surface area contributed by atoms with E-state index in [0.717, 1.165) is 27.2 Å². The Balaban J connectivity index is 1.41. The number of nitrogens with zero attached hydrogens (tertiary/aromatic N) is 5. The van der Waals surface area contributed by atoms with Crippen LogP contribution in [-0.4, -0.2) is 62.6 Å². The summed E-state index contributed by atoms with van der Waals surface area (Å²) in [6, 6.07) is 13.8. The highest BCUT2D eigenvalue weighted by Gasteiger charge is 2.28. The molecule has 180 valence electrons. The Morgan fingerprint density at radius 2 is 1.57 bits per heavy atom. The second-order valence-electron chi connectivity index (χ2n) is 9.34. The Kier molecular flexibility index (Phi) is 6.15. The molecule has 4 aromatic rings. The van der Waals surface area contributed by atoms with Gasteiger partial charge in [0.15, 0.2) is 5.65 Å². The summed E-state index contributed by atoms with van der Waals surface area (Å²) in [5, 5.41) is 5.29. The number of carbonyl (C=O) groups excluding carboxylic acids is 2. The summed E-state index contributed by atoms with van der Waals surface area (Å²) in [6.07, 6.45) is 1.75. The number of rotatable bonds is 4. The number of amides is 2. The molecule has 7 nitrogen and oxygen atoms in total. The number of thiophene rings is 1.